The molecule has 0 aliphatic carbocycles. The fourth-order valence-electron chi connectivity index (χ4n) is 1.34. The highest BCUT2D eigenvalue weighted by Gasteiger charge is 2.03. The molecule has 3 nitrogen and oxygen atoms in total. The van der Waals surface area contributed by atoms with Gasteiger partial charge in [0.05, 0.1) is 16.7 Å². The van der Waals surface area contributed by atoms with Crippen molar-refractivity contribution >= 4 is 29.4 Å². The number of benzene rings is 1. The maximum absolute atomic E-state index is 11.2. The highest BCUT2D eigenvalue weighted by Crippen LogP contribution is 2.13. The van der Waals surface area contributed by atoms with Gasteiger partial charge in [-0.3, -0.25) is 9.78 Å². The molecule has 0 aliphatic rings. The van der Waals surface area contributed by atoms with E-state index >= 15 is 0 Å². The highest BCUT2D eigenvalue weighted by atomic mass is 32.1. The number of carbonyl (C=O) groups excluding carboxylic acids is 1. The molecule has 0 fully saturated rings. The molecule has 0 aliphatic heterocycles. The van der Waals surface area contributed by atoms with E-state index in [2.05, 4.69) is 22.6 Å². The Morgan fingerprint density at radius 2 is 2.20 bits per heavy atom. The third-order valence-corrected chi connectivity index (χ3v) is 2.48. The molecule has 1 heterocycles. The van der Waals surface area contributed by atoms with Crippen LogP contribution in [0.2, 0.25) is 0 Å². The Kier molecular flexibility index (Phi) is 2.68. The number of carbonyl (C=O) groups is 1. The van der Waals surface area contributed by atoms with E-state index in [0.29, 0.717) is 11.3 Å². The van der Waals surface area contributed by atoms with E-state index in [-0.39, 0.29) is 5.78 Å². The first-order chi connectivity index (χ1) is 7.20. The lowest BCUT2D eigenvalue weighted by Crippen LogP contribution is -1.95. The van der Waals surface area contributed by atoms with Gasteiger partial charge in [0, 0.05) is 17.5 Å². The van der Waals surface area contributed by atoms with Gasteiger partial charge < -0.3 is 0 Å². The zero-order valence-corrected chi connectivity index (χ0v) is 9.16. The van der Waals surface area contributed by atoms with Crippen LogP contribution < -0.4 is 0 Å². The fourth-order valence-corrected chi connectivity index (χ4v) is 1.50. The Labute approximate surface area is 93.0 Å². The van der Waals surface area contributed by atoms with Crippen LogP contribution in [0, 0.1) is 0 Å². The molecule has 0 N–H and O–H groups in total. The smallest absolute Gasteiger partial charge is 0.159 e. The number of fused-ring (bicyclic) bond motifs is 1. The summed E-state index contributed by atoms with van der Waals surface area (Å²) in [5.41, 5.74) is 3.01. The highest BCUT2D eigenvalue weighted by molar-refractivity contribution is 7.79. The molecule has 0 saturated carbocycles. The zero-order chi connectivity index (χ0) is 10.8. The number of nitrogens with zero attached hydrogens (tertiary/aromatic N) is 2. The van der Waals surface area contributed by atoms with Crippen LogP contribution in [0.1, 0.15) is 23.0 Å². The second-order valence-corrected chi connectivity index (χ2v) is 3.60. The molecular formula is C11H10N2OS. The van der Waals surface area contributed by atoms with Gasteiger partial charge in [0.15, 0.2) is 5.78 Å². The third kappa shape index (κ3) is 1.99. The van der Waals surface area contributed by atoms with Gasteiger partial charge in [0.1, 0.15) is 0 Å². The monoisotopic (exact) mass is 218 g/mol. The van der Waals surface area contributed by atoms with Crippen LogP contribution in [0.25, 0.3) is 11.0 Å². The molecule has 0 atom stereocenters. The minimum absolute atomic E-state index is 0.0370. The van der Waals surface area contributed by atoms with E-state index in [0.717, 1.165) is 16.7 Å². The SMILES string of the molecule is CC(=O)c1ccc2ncc(CS)nc2c1. The maximum atomic E-state index is 11.2. The lowest BCUT2D eigenvalue weighted by molar-refractivity contribution is 0.101. The molecule has 4 heteroatoms. The Morgan fingerprint density at radius 3 is 2.87 bits per heavy atom. The first-order valence-corrected chi connectivity index (χ1v) is 5.21. The molecule has 0 bridgehead atoms. The van der Waals surface area contributed by atoms with Crippen LogP contribution in [0.3, 0.4) is 0 Å². The Bertz CT molecular complexity index is 525. The molecule has 0 radical (unpaired) electrons. The molecule has 0 unspecified atom stereocenters. The Morgan fingerprint density at radius 1 is 1.40 bits per heavy atom. The number of ketones is 1. The van der Waals surface area contributed by atoms with Gasteiger partial charge in [-0.25, -0.2) is 4.98 Å². The Hall–Kier alpha value is -1.42. The molecule has 0 saturated heterocycles. The van der Waals surface area contributed by atoms with Crippen LogP contribution in [-0.4, -0.2) is 15.8 Å². The average molecular weight is 218 g/mol. The van der Waals surface area contributed by atoms with Crippen molar-refractivity contribution in [3.8, 4) is 0 Å². The van der Waals surface area contributed by atoms with Crippen molar-refractivity contribution in [3.05, 3.63) is 35.7 Å². The molecule has 2 rings (SSSR count). The second-order valence-electron chi connectivity index (χ2n) is 3.28. The summed E-state index contributed by atoms with van der Waals surface area (Å²) in [5.74, 6) is 0.586. The molecule has 1 aromatic carbocycles. The number of Topliss-reactive ketones (excluding diaryl/α,β-unsaturated/α-hetero) is 1. The normalized spacial score (nSPS) is 10.5. The van der Waals surface area contributed by atoms with E-state index < -0.39 is 0 Å². The van der Waals surface area contributed by atoms with Gasteiger partial charge in [-0.05, 0) is 25.1 Å². The van der Waals surface area contributed by atoms with Crippen LogP contribution in [0.4, 0.5) is 0 Å². The van der Waals surface area contributed by atoms with E-state index in [9.17, 15) is 4.79 Å². The maximum Gasteiger partial charge on any atom is 0.159 e. The number of thiol groups is 1. The number of aromatic nitrogens is 2. The summed E-state index contributed by atoms with van der Waals surface area (Å²) in [6.45, 7) is 1.54. The second kappa shape index (κ2) is 3.98. The summed E-state index contributed by atoms with van der Waals surface area (Å²) < 4.78 is 0. The van der Waals surface area contributed by atoms with Gasteiger partial charge in [-0.1, -0.05) is 0 Å². The van der Waals surface area contributed by atoms with Gasteiger partial charge in [-0.15, -0.1) is 0 Å². The molecule has 0 amide bonds. The lowest BCUT2D eigenvalue weighted by Gasteiger charge is -2.01. The molecule has 1 aromatic heterocycles. The van der Waals surface area contributed by atoms with Gasteiger partial charge >= 0.3 is 0 Å². The van der Waals surface area contributed by atoms with E-state index in [1.165, 1.54) is 6.92 Å². The van der Waals surface area contributed by atoms with Crippen molar-refractivity contribution < 1.29 is 4.79 Å². The van der Waals surface area contributed by atoms with Crippen LogP contribution >= 0.6 is 12.6 Å². The quantitative estimate of drug-likeness (QED) is 0.621. The molecule has 76 valence electrons. The van der Waals surface area contributed by atoms with Crippen molar-refractivity contribution in [2.45, 2.75) is 12.7 Å². The van der Waals surface area contributed by atoms with E-state index in [1.54, 1.807) is 24.4 Å². The summed E-state index contributed by atoms with van der Waals surface area (Å²) >= 11 is 4.13. The fraction of sp³-hybridized carbons (Fsp3) is 0.182. The summed E-state index contributed by atoms with van der Waals surface area (Å²) in [6, 6.07) is 5.33. The van der Waals surface area contributed by atoms with Crippen LogP contribution in [0.5, 0.6) is 0 Å². The standard InChI is InChI=1S/C11H10N2OS/c1-7(14)8-2-3-10-11(4-8)13-9(6-15)5-12-10/h2-5,15H,6H2,1H3. The van der Waals surface area contributed by atoms with Gasteiger partial charge in [0.25, 0.3) is 0 Å². The summed E-state index contributed by atoms with van der Waals surface area (Å²) in [6.07, 6.45) is 1.70. The summed E-state index contributed by atoms with van der Waals surface area (Å²) in [5, 5.41) is 0. The van der Waals surface area contributed by atoms with E-state index in [1.807, 2.05) is 0 Å². The number of hydrogen-bond donors (Lipinski definition) is 1. The Balaban J connectivity index is 2.62. The largest absolute Gasteiger partial charge is 0.295 e. The number of rotatable bonds is 2. The van der Waals surface area contributed by atoms with Crippen molar-refractivity contribution in [2.24, 2.45) is 0 Å². The third-order valence-electron chi connectivity index (χ3n) is 2.16. The molecular weight excluding hydrogens is 208 g/mol. The van der Waals surface area contributed by atoms with Crippen LogP contribution in [0.15, 0.2) is 24.4 Å². The van der Waals surface area contributed by atoms with Crippen molar-refractivity contribution in [1.29, 1.82) is 0 Å². The van der Waals surface area contributed by atoms with Crippen molar-refractivity contribution in [1.82, 2.24) is 9.97 Å². The number of hydrogen-bond acceptors (Lipinski definition) is 4. The minimum Gasteiger partial charge on any atom is -0.295 e. The molecule has 15 heavy (non-hydrogen) atoms. The first kappa shape index (κ1) is 10.1. The topological polar surface area (TPSA) is 42.9 Å². The van der Waals surface area contributed by atoms with Gasteiger partial charge in [-0.2, -0.15) is 12.6 Å². The predicted molar refractivity (Wildman–Crippen MR) is 62.2 cm³/mol. The predicted octanol–water partition coefficient (Wildman–Crippen LogP) is 2.26. The minimum atomic E-state index is 0.0370. The molecule has 0 spiro atoms. The lowest BCUT2D eigenvalue weighted by atomic mass is 10.1. The first-order valence-electron chi connectivity index (χ1n) is 4.58. The summed E-state index contributed by atoms with van der Waals surface area (Å²) in [7, 11) is 0. The van der Waals surface area contributed by atoms with E-state index in [4.69, 9.17) is 0 Å². The average Bonchev–Trinajstić information content (AvgIpc) is 2.27. The molecule has 2 aromatic rings. The van der Waals surface area contributed by atoms with Crippen molar-refractivity contribution in [2.75, 3.05) is 0 Å². The summed E-state index contributed by atoms with van der Waals surface area (Å²) in [4.78, 5) is 19.8. The zero-order valence-electron chi connectivity index (χ0n) is 8.27. The van der Waals surface area contributed by atoms with Crippen LogP contribution in [-0.2, 0) is 5.75 Å². The van der Waals surface area contributed by atoms with Gasteiger partial charge in [0.2, 0.25) is 0 Å². The van der Waals surface area contributed by atoms with Crippen molar-refractivity contribution in [3.63, 3.8) is 0 Å².